The van der Waals surface area contributed by atoms with Crippen LogP contribution in [-0.2, 0) is 27.1 Å². The van der Waals surface area contributed by atoms with Crippen molar-refractivity contribution in [3.05, 3.63) is 192 Å². The maximum absolute atomic E-state index is 6.93. The topological polar surface area (TPSA) is 33.5 Å². The Morgan fingerprint density at radius 1 is 0.370 bits per heavy atom. The average Bonchev–Trinajstić information content (AvgIpc) is 3.88. The van der Waals surface area contributed by atoms with Gasteiger partial charge in [-0.3, -0.25) is 4.57 Å². The van der Waals surface area contributed by atoms with Crippen LogP contribution in [0.5, 0.6) is 11.5 Å². The summed E-state index contributed by atoms with van der Waals surface area (Å²) in [7, 11) is 0. The van der Waals surface area contributed by atoms with Gasteiger partial charge >= 0.3 is 0 Å². The monoisotopic (exact) mass is 963 g/mol. The van der Waals surface area contributed by atoms with Crippen molar-refractivity contribution in [3.63, 3.8) is 0 Å². The predicted molar refractivity (Wildman–Crippen MR) is 311 cm³/mol. The standard InChI is InChI=1S/C68H74N4O/c1-64(2,3)48-25-29-60-62(39-48)70(43-71(60)54-35-47(34-52(38-54)68(13,14)15)46-32-50(66(7,8)9)37-51(33-46)67(10,11)12)53-22-19-23-55(41-53)73-56-26-27-57-58-36-45(44-20-17-16-18-21-44)24-28-59(58)72(61(57)42-56)63-40-49(30-31-69-63)65(4,5)6/h16-42H,43H2,1-15H3. The summed E-state index contributed by atoms with van der Waals surface area (Å²) in [5.74, 6) is 2.43. The minimum Gasteiger partial charge on any atom is -0.457 e. The van der Waals surface area contributed by atoms with Gasteiger partial charge in [0.15, 0.2) is 0 Å². The van der Waals surface area contributed by atoms with Crippen molar-refractivity contribution in [2.75, 3.05) is 16.5 Å². The molecule has 0 fully saturated rings. The highest BCUT2D eigenvalue weighted by atomic mass is 16.5. The van der Waals surface area contributed by atoms with Gasteiger partial charge in [0, 0.05) is 40.5 Å². The molecule has 0 N–H and O–H groups in total. The third kappa shape index (κ3) is 9.79. The molecule has 3 heterocycles. The van der Waals surface area contributed by atoms with E-state index in [4.69, 9.17) is 9.72 Å². The number of anilines is 4. The Balaban J connectivity index is 1.06. The lowest BCUT2D eigenvalue weighted by Crippen LogP contribution is -2.24. The van der Waals surface area contributed by atoms with E-state index in [-0.39, 0.29) is 27.1 Å². The normalized spacial score (nSPS) is 13.6. The fourth-order valence-electron chi connectivity index (χ4n) is 10.2. The first-order valence-electron chi connectivity index (χ1n) is 26.2. The van der Waals surface area contributed by atoms with E-state index in [0.29, 0.717) is 6.67 Å². The molecule has 0 aliphatic carbocycles. The van der Waals surface area contributed by atoms with Crippen LogP contribution in [0.1, 0.15) is 132 Å². The summed E-state index contributed by atoms with van der Waals surface area (Å²) in [5.41, 5.74) is 18.1. The van der Waals surface area contributed by atoms with Crippen molar-refractivity contribution in [3.8, 4) is 39.6 Å². The van der Waals surface area contributed by atoms with Gasteiger partial charge in [-0.05, 0) is 150 Å². The van der Waals surface area contributed by atoms with Crippen LogP contribution in [-0.4, -0.2) is 16.2 Å². The lowest BCUT2D eigenvalue weighted by atomic mass is 9.78. The molecule has 0 spiro atoms. The van der Waals surface area contributed by atoms with E-state index in [2.05, 4.69) is 276 Å². The zero-order valence-electron chi connectivity index (χ0n) is 46.0. The van der Waals surface area contributed by atoms with Gasteiger partial charge in [-0.2, -0.15) is 0 Å². The number of nitrogens with zero attached hydrogens (tertiary/aromatic N) is 4. The SMILES string of the molecule is CC(C)(C)c1cc(-c2cc(C(C)(C)C)cc(C(C)(C)C)c2)cc(N2CN(c3cccc(Oc4ccc5c6cc(-c7ccccc7)ccc6n(-c6cc(C(C)(C)C)ccn6)c5c4)c3)c3cc(C(C)(C)C)ccc32)c1. The molecule has 1 aliphatic rings. The second-order valence-corrected chi connectivity index (χ2v) is 25.6. The summed E-state index contributed by atoms with van der Waals surface area (Å²) in [6, 6.07) is 58.4. The summed E-state index contributed by atoms with van der Waals surface area (Å²) < 4.78 is 9.23. The maximum atomic E-state index is 6.93. The van der Waals surface area contributed by atoms with Gasteiger partial charge in [0.05, 0.1) is 22.4 Å². The molecule has 73 heavy (non-hydrogen) atoms. The summed E-state index contributed by atoms with van der Waals surface area (Å²) >= 11 is 0. The van der Waals surface area contributed by atoms with Crippen molar-refractivity contribution in [1.82, 2.24) is 9.55 Å². The van der Waals surface area contributed by atoms with Crippen LogP contribution in [0.15, 0.2) is 164 Å². The van der Waals surface area contributed by atoms with Crippen LogP contribution < -0.4 is 14.5 Å². The Kier molecular flexibility index (Phi) is 12.1. The third-order valence-electron chi connectivity index (χ3n) is 14.9. The van der Waals surface area contributed by atoms with Gasteiger partial charge in [-0.1, -0.05) is 177 Å². The number of ether oxygens (including phenoxy) is 1. The van der Waals surface area contributed by atoms with E-state index >= 15 is 0 Å². The molecule has 5 heteroatoms. The number of pyridine rings is 1. The molecule has 0 amide bonds. The Bertz CT molecular complexity index is 3510. The molecule has 2 aromatic heterocycles. The van der Waals surface area contributed by atoms with Crippen molar-refractivity contribution in [2.45, 2.75) is 131 Å². The minimum absolute atomic E-state index is 0.00789. The first kappa shape index (κ1) is 49.5. The third-order valence-corrected chi connectivity index (χ3v) is 14.9. The molecule has 0 atom stereocenters. The van der Waals surface area contributed by atoms with Crippen LogP contribution in [0.25, 0.3) is 49.9 Å². The van der Waals surface area contributed by atoms with Crippen LogP contribution in [0, 0.1) is 0 Å². The van der Waals surface area contributed by atoms with Gasteiger partial charge in [0.25, 0.3) is 0 Å². The molecule has 372 valence electrons. The molecule has 10 rings (SSSR count). The fourth-order valence-corrected chi connectivity index (χ4v) is 10.2. The highest BCUT2D eigenvalue weighted by Gasteiger charge is 2.32. The Labute approximate surface area is 435 Å². The number of fused-ring (bicyclic) bond motifs is 4. The summed E-state index contributed by atoms with van der Waals surface area (Å²) in [4.78, 5) is 9.95. The van der Waals surface area contributed by atoms with Crippen molar-refractivity contribution in [1.29, 1.82) is 0 Å². The molecule has 1 aliphatic heterocycles. The number of rotatable bonds is 7. The zero-order chi connectivity index (χ0) is 52.0. The van der Waals surface area contributed by atoms with Crippen LogP contribution in [0.3, 0.4) is 0 Å². The van der Waals surface area contributed by atoms with Crippen LogP contribution in [0.4, 0.5) is 22.7 Å². The Morgan fingerprint density at radius 2 is 0.973 bits per heavy atom. The Hall–Kier alpha value is -7.11. The molecule has 0 saturated heterocycles. The molecular formula is C68H74N4O. The molecule has 0 radical (unpaired) electrons. The van der Waals surface area contributed by atoms with E-state index in [1.165, 1.54) is 72.5 Å². The van der Waals surface area contributed by atoms with Gasteiger partial charge in [0.2, 0.25) is 0 Å². The van der Waals surface area contributed by atoms with E-state index < -0.39 is 0 Å². The average molecular weight is 963 g/mol. The molecule has 0 bridgehead atoms. The molecule has 9 aromatic rings. The maximum Gasteiger partial charge on any atom is 0.137 e. The van der Waals surface area contributed by atoms with Crippen molar-refractivity contribution >= 4 is 44.6 Å². The van der Waals surface area contributed by atoms with Crippen LogP contribution in [0.2, 0.25) is 0 Å². The van der Waals surface area contributed by atoms with Gasteiger partial charge < -0.3 is 14.5 Å². The summed E-state index contributed by atoms with van der Waals surface area (Å²) in [5, 5.41) is 2.32. The van der Waals surface area contributed by atoms with Crippen LogP contribution >= 0.6 is 0 Å². The highest BCUT2D eigenvalue weighted by molar-refractivity contribution is 6.10. The first-order valence-corrected chi connectivity index (χ1v) is 26.2. The summed E-state index contributed by atoms with van der Waals surface area (Å²) in [6.45, 7) is 35.2. The minimum atomic E-state index is -0.0707. The lowest BCUT2D eigenvalue weighted by Gasteiger charge is -2.28. The first-order chi connectivity index (χ1) is 34.3. The van der Waals surface area contributed by atoms with E-state index in [1.54, 1.807) is 0 Å². The highest BCUT2D eigenvalue weighted by Crippen LogP contribution is 2.49. The number of hydrogen-bond acceptors (Lipinski definition) is 4. The molecular weight excluding hydrogens is 889 g/mol. The molecule has 7 aromatic carbocycles. The number of aromatic nitrogens is 2. The largest absolute Gasteiger partial charge is 0.457 e. The zero-order valence-corrected chi connectivity index (χ0v) is 46.0. The lowest BCUT2D eigenvalue weighted by molar-refractivity contribution is 0.483. The van der Waals surface area contributed by atoms with E-state index in [1.807, 2.05) is 6.20 Å². The molecule has 5 nitrogen and oxygen atoms in total. The fraction of sp³-hybridized carbons (Fsp3) is 0.309. The van der Waals surface area contributed by atoms with E-state index in [9.17, 15) is 0 Å². The van der Waals surface area contributed by atoms with Gasteiger partial charge in [0.1, 0.15) is 24.0 Å². The molecule has 0 unspecified atom stereocenters. The number of benzene rings is 7. The summed E-state index contributed by atoms with van der Waals surface area (Å²) in [6.07, 6.45) is 1.94. The van der Waals surface area contributed by atoms with Gasteiger partial charge in [-0.25, -0.2) is 4.98 Å². The van der Waals surface area contributed by atoms with Gasteiger partial charge in [-0.15, -0.1) is 0 Å². The molecule has 0 saturated carbocycles. The smallest absolute Gasteiger partial charge is 0.137 e. The quantitative estimate of drug-likeness (QED) is 0.159. The second-order valence-electron chi connectivity index (χ2n) is 25.6. The Morgan fingerprint density at radius 3 is 1.63 bits per heavy atom. The van der Waals surface area contributed by atoms with Crippen molar-refractivity contribution < 1.29 is 4.74 Å². The van der Waals surface area contributed by atoms with Crippen molar-refractivity contribution in [2.24, 2.45) is 0 Å². The second kappa shape index (κ2) is 17.8. The number of hydrogen-bond donors (Lipinski definition) is 0. The van der Waals surface area contributed by atoms with E-state index in [0.717, 1.165) is 39.4 Å². The predicted octanol–water partition coefficient (Wildman–Crippen LogP) is 19.0.